The lowest BCUT2D eigenvalue weighted by atomic mass is 10.1. The summed E-state index contributed by atoms with van der Waals surface area (Å²) in [7, 11) is 0. The summed E-state index contributed by atoms with van der Waals surface area (Å²) < 4.78 is 13.3. The van der Waals surface area contributed by atoms with Gasteiger partial charge in [-0.05, 0) is 25.0 Å². The third kappa shape index (κ3) is 3.89. The second kappa shape index (κ2) is 6.58. The molecule has 0 aromatic heterocycles. The van der Waals surface area contributed by atoms with Gasteiger partial charge in [-0.1, -0.05) is 18.2 Å². The van der Waals surface area contributed by atoms with E-state index in [1.165, 1.54) is 6.07 Å². The van der Waals surface area contributed by atoms with E-state index in [2.05, 4.69) is 5.32 Å². The normalized spacial score (nSPS) is 13.1. The molecule has 1 aromatic rings. The average molecular weight is 227 g/mol. The summed E-state index contributed by atoms with van der Waals surface area (Å²) in [6.07, 6.45) is 0.531. The first kappa shape index (κ1) is 13.1. The maximum atomic E-state index is 13.3. The maximum absolute atomic E-state index is 13.3. The lowest BCUT2D eigenvalue weighted by molar-refractivity contribution is 0.163. The fourth-order valence-corrected chi connectivity index (χ4v) is 1.62. The van der Waals surface area contributed by atoms with Crippen LogP contribution in [0.5, 0.6) is 0 Å². The highest BCUT2D eigenvalue weighted by molar-refractivity contribution is 5.18. The van der Waals surface area contributed by atoms with E-state index in [0.717, 1.165) is 0 Å². The smallest absolute Gasteiger partial charge is 0.126 e. The Morgan fingerprint density at radius 3 is 2.44 bits per heavy atom. The zero-order valence-electron chi connectivity index (χ0n) is 9.36. The Morgan fingerprint density at radius 2 is 1.88 bits per heavy atom. The Bertz CT molecular complexity index is 316. The lowest BCUT2D eigenvalue weighted by Crippen LogP contribution is -2.42. The third-order valence-corrected chi connectivity index (χ3v) is 2.44. The Hall–Kier alpha value is -0.970. The molecule has 1 aromatic carbocycles. The molecule has 4 heteroatoms. The number of aliphatic hydroxyl groups is 2. The Labute approximate surface area is 94.9 Å². The highest BCUT2D eigenvalue weighted by Gasteiger charge is 2.11. The van der Waals surface area contributed by atoms with E-state index >= 15 is 0 Å². The highest BCUT2D eigenvalue weighted by Crippen LogP contribution is 2.09. The Balaban J connectivity index is 2.51. The SMILES string of the molecule is CC(Cc1ccccc1F)NC(CO)CO. The average Bonchev–Trinajstić information content (AvgIpc) is 2.29. The first-order valence-corrected chi connectivity index (χ1v) is 5.38. The van der Waals surface area contributed by atoms with E-state index < -0.39 is 0 Å². The number of hydrogen-bond donors (Lipinski definition) is 3. The molecule has 0 fully saturated rings. The van der Waals surface area contributed by atoms with Gasteiger partial charge >= 0.3 is 0 Å². The molecule has 3 nitrogen and oxygen atoms in total. The minimum atomic E-state index is -0.346. The van der Waals surface area contributed by atoms with Crippen LogP contribution in [-0.2, 0) is 6.42 Å². The van der Waals surface area contributed by atoms with Crippen molar-refractivity contribution in [2.24, 2.45) is 0 Å². The molecule has 0 aliphatic heterocycles. The van der Waals surface area contributed by atoms with Crippen molar-refractivity contribution in [1.29, 1.82) is 0 Å². The standard InChI is InChI=1S/C12H18FNO2/c1-9(14-11(7-15)8-16)6-10-4-2-3-5-12(10)13/h2-5,9,11,14-16H,6-8H2,1H3. The first-order valence-electron chi connectivity index (χ1n) is 5.38. The van der Waals surface area contributed by atoms with Gasteiger partial charge in [0.05, 0.1) is 19.3 Å². The summed E-state index contributed by atoms with van der Waals surface area (Å²) in [5, 5.41) is 20.8. The molecule has 90 valence electrons. The van der Waals surface area contributed by atoms with Crippen molar-refractivity contribution in [3.05, 3.63) is 35.6 Å². The molecule has 3 N–H and O–H groups in total. The van der Waals surface area contributed by atoms with Crippen LogP contribution in [0.2, 0.25) is 0 Å². The molecule has 0 radical (unpaired) electrons. The van der Waals surface area contributed by atoms with Crippen LogP contribution in [0.15, 0.2) is 24.3 Å². The molecule has 0 saturated carbocycles. The van der Waals surface area contributed by atoms with Crippen molar-refractivity contribution in [3.8, 4) is 0 Å². The molecule has 0 amide bonds. The van der Waals surface area contributed by atoms with Gasteiger partial charge in [0.15, 0.2) is 0 Å². The number of rotatable bonds is 6. The van der Waals surface area contributed by atoms with Crippen molar-refractivity contribution in [3.63, 3.8) is 0 Å². The van der Waals surface area contributed by atoms with Gasteiger partial charge in [0, 0.05) is 6.04 Å². The number of aliphatic hydroxyl groups excluding tert-OH is 2. The van der Waals surface area contributed by atoms with Crippen molar-refractivity contribution >= 4 is 0 Å². The fourth-order valence-electron chi connectivity index (χ4n) is 1.62. The minimum Gasteiger partial charge on any atom is -0.395 e. The molecule has 0 saturated heterocycles. The molecule has 1 rings (SSSR count). The predicted molar refractivity (Wildman–Crippen MR) is 60.7 cm³/mol. The molecule has 0 aliphatic rings. The van der Waals surface area contributed by atoms with Gasteiger partial charge in [-0.25, -0.2) is 4.39 Å². The topological polar surface area (TPSA) is 52.5 Å². The van der Waals surface area contributed by atoms with Crippen LogP contribution in [0.4, 0.5) is 4.39 Å². The highest BCUT2D eigenvalue weighted by atomic mass is 19.1. The molecule has 0 aliphatic carbocycles. The Morgan fingerprint density at radius 1 is 1.25 bits per heavy atom. The fraction of sp³-hybridized carbons (Fsp3) is 0.500. The van der Waals surface area contributed by atoms with Crippen LogP contribution in [-0.4, -0.2) is 35.5 Å². The zero-order chi connectivity index (χ0) is 12.0. The van der Waals surface area contributed by atoms with Gasteiger partial charge in [0.25, 0.3) is 0 Å². The zero-order valence-corrected chi connectivity index (χ0v) is 9.36. The van der Waals surface area contributed by atoms with Crippen LogP contribution in [0, 0.1) is 5.82 Å². The van der Waals surface area contributed by atoms with Crippen LogP contribution in [0.1, 0.15) is 12.5 Å². The van der Waals surface area contributed by atoms with Crippen molar-refractivity contribution in [1.82, 2.24) is 5.32 Å². The second-order valence-electron chi connectivity index (χ2n) is 3.93. The van der Waals surface area contributed by atoms with E-state index in [9.17, 15) is 4.39 Å². The first-order chi connectivity index (χ1) is 7.67. The van der Waals surface area contributed by atoms with Gasteiger partial charge in [0.1, 0.15) is 5.82 Å². The van der Waals surface area contributed by atoms with Crippen LogP contribution < -0.4 is 5.32 Å². The molecular formula is C12H18FNO2. The largest absolute Gasteiger partial charge is 0.395 e. The molecule has 0 heterocycles. The van der Waals surface area contributed by atoms with Crippen LogP contribution in [0.25, 0.3) is 0 Å². The summed E-state index contributed by atoms with van der Waals surface area (Å²) >= 11 is 0. The van der Waals surface area contributed by atoms with Crippen molar-refractivity contribution in [2.75, 3.05) is 13.2 Å². The van der Waals surface area contributed by atoms with Crippen molar-refractivity contribution in [2.45, 2.75) is 25.4 Å². The molecule has 0 spiro atoms. The van der Waals surface area contributed by atoms with Gasteiger partial charge in [-0.3, -0.25) is 0 Å². The number of halogens is 1. The van der Waals surface area contributed by atoms with Gasteiger partial charge in [-0.15, -0.1) is 0 Å². The molecule has 1 unspecified atom stereocenters. The summed E-state index contributed by atoms with van der Waals surface area (Å²) in [4.78, 5) is 0. The van der Waals surface area contributed by atoms with Gasteiger partial charge in [0.2, 0.25) is 0 Å². The van der Waals surface area contributed by atoms with Crippen molar-refractivity contribution < 1.29 is 14.6 Å². The molecule has 16 heavy (non-hydrogen) atoms. The monoisotopic (exact) mass is 227 g/mol. The third-order valence-electron chi connectivity index (χ3n) is 2.44. The number of nitrogens with one attached hydrogen (secondary N) is 1. The summed E-state index contributed by atoms with van der Waals surface area (Å²) in [6, 6.07) is 6.27. The summed E-state index contributed by atoms with van der Waals surface area (Å²) in [5.41, 5.74) is 0.636. The second-order valence-corrected chi connectivity index (χ2v) is 3.93. The van der Waals surface area contributed by atoms with Crippen LogP contribution >= 0.6 is 0 Å². The molecular weight excluding hydrogens is 209 g/mol. The quantitative estimate of drug-likeness (QED) is 0.670. The van der Waals surface area contributed by atoms with E-state index in [4.69, 9.17) is 10.2 Å². The van der Waals surface area contributed by atoms with E-state index in [-0.39, 0.29) is 31.1 Å². The van der Waals surface area contributed by atoms with E-state index in [0.29, 0.717) is 12.0 Å². The Kier molecular flexibility index (Phi) is 5.38. The predicted octanol–water partition coefficient (Wildman–Crippen LogP) is 0.700. The minimum absolute atomic E-state index is 0.00111. The van der Waals surface area contributed by atoms with Gasteiger partial charge < -0.3 is 15.5 Å². The maximum Gasteiger partial charge on any atom is 0.126 e. The van der Waals surface area contributed by atoms with E-state index in [1.54, 1.807) is 18.2 Å². The number of hydrogen-bond acceptors (Lipinski definition) is 3. The molecule has 0 bridgehead atoms. The van der Waals surface area contributed by atoms with Crippen LogP contribution in [0.3, 0.4) is 0 Å². The summed E-state index contributed by atoms with van der Waals surface area (Å²) in [6.45, 7) is 1.64. The van der Waals surface area contributed by atoms with Gasteiger partial charge in [-0.2, -0.15) is 0 Å². The van der Waals surface area contributed by atoms with E-state index in [1.807, 2.05) is 6.92 Å². The molecule has 1 atom stereocenters. The summed E-state index contributed by atoms with van der Waals surface area (Å²) in [5.74, 6) is -0.222. The number of benzene rings is 1. The lowest BCUT2D eigenvalue weighted by Gasteiger charge is -2.20.